The second-order valence-electron chi connectivity index (χ2n) is 4.73. The van der Waals surface area contributed by atoms with Crippen LogP contribution in [0.4, 0.5) is 10.5 Å². The third-order valence-corrected chi connectivity index (χ3v) is 4.19. The number of carbonyl (C=O) groups is 1. The van der Waals surface area contributed by atoms with Crippen molar-refractivity contribution in [3.05, 3.63) is 63.1 Å². The predicted octanol–water partition coefficient (Wildman–Crippen LogP) is 4.67. The van der Waals surface area contributed by atoms with Gasteiger partial charge >= 0.3 is 6.03 Å². The predicted molar refractivity (Wildman–Crippen MR) is 84.2 cm³/mol. The van der Waals surface area contributed by atoms with Crippen LogP contribution in [-0.4, -0.2) is 18.0 Å². The van der Waals surface area contributed by atoms with E-state index in [4.69, 9.17) is 11.6 Å². The van der Waals surface area contributed by atoms with Crippen molar-refractivity contribution in [2.24, 2.45) is 0 Å². The Labute approximate surface area is 130 Å². The van der Waals surface area contributed by atoms with Gasteiger partial charge in [-0.15, -0.1) is 0 Å². The van der Waals surface area contributed by atoms with Crippen LogP contribution in [0.2, 0.25) is 5.02 Å². The van der Waals surface area contributed by atoms with Gasteiger partial charge in [-0.25, -0.2) is 4.79 Å². The molecular weight excluding hydrogens is 340 g/mol. The molecule has 0 spiro atoms. The Morgan fingerprint density at radius 2 is 1.90 bits per heavy atom. The summed E-state index contributed by atoms with van der Waals surface area (Å²) < 4.78 is 0.986. The fourth-order valence-corrected chi connectivity index (χ4v) is 2.96. The summed E-state index contributed by atoms with van der Waals surface area (Å²) in [6, 6.07) is 13.2. The molecule has 0 aromatic heterocycles. The second kappa shape index (κ2) is 5.11. The number of nitrogens with zero attached hydrogens (tertiary/aromatic N) is 1. The average Bonchev–Trinajstić information content (AvgIpc) is 2.42. The molecule has 1 aliphatic rings. The van der Waals surface area contributed by atoms with E-state index in [-0.39, 0.29) is 12.1 Å². The summed E-state index contributed by atoms with van der Waals surface area (Å²) >= 11 is 9.43. The van der Waals surface area contributed by atoms with Crippen molar-refractivity contribution in [2.45, 2.75) is 6.04 Å². The van der Waals surface area contributed by atoms with Gasteiger partial charge in [-0.3, -0.25) is 0 Å². The van der Waals surface area contributed by atoms with Crippen LogP contribution in [-0.2, 0) is 0 Å². The number of rotatable bonds is 1. The van der Waals surface area contributed by atoms with E-state index in [2.05, 4.69) is 21.2 Å². The number of hydrogen-bond donors (Lipinski definition) is 1. The van der Waals surface area contributed by atoms with Crippen molar-refractivity contribution >= 4 is 39.2 Å². The van der Waals surface area contributed by atoms with Gasteiger partial charge in [0.15, 0.2) is 0 Å². The van der Waals surface area contributed by atoms with E-state index in [0.29, 0.717) is 5.02 Å². The molecule has 0 aliphatic carbocycles. The van der Waals surface area contributed by atoms with Crippen LogP contribution in [0, 0.1) is 0 Å². The Bertz CT molecular complexity index is 672. The van der Waals surface area contributed by atoms with E-state index in [0.717, 1.165) is 21.3 Å². The third kappa shape index (κ3) is 2.30. The number of urea groups is 1. The molecule has 1 heterocycles. The first-order valence-corrected chi connectivity index (χ1v) is 7.32. The zero-order valence-corrected chi connectivity index (χ0v) is 13.1. The minimum Gasteiger partial charge on any atom is -0.316 e. The van der Waals surface area contributed by atoms with Crippen LogP contribution in [0.25, 0.3) is 0 Å². The monoisotopic (exact) mass is 350 g/mol. The fraction of sp³-hybridized carbons (Fsp3) is 0.133. The lowest BCUT2D eigenvalue weighted by atomic mass is 9.94. The van der Waals surface area contributed by atoms with Crippen molar-refractivity contribution < 1.29 is 4.79 Å². The molecule has 0 fully saturated rings. The molecule has 0 saturated heterocycles. The highest BCUT2D eigenvalue weighted by atomic mass is 79.9. The summed E-state index contributed by atoms with van der Waals surface area (Å²) in [5.74, 6) is 0. The largest absolute Gasteiger partial charge is 0.322 e. The third-order valence-electron chi connectivity index (χ3n) is 3.44. The Hall–Kier alpha value is -1.52. The van der Waals surface area contributed by atoms with Crippen LogP contribution in [0.1, 0.15) is 17.2 Å². The maximum absolute atomic E-state index is 12.1. The summed E-state index contributed by atoms with van der Waals surface area (Å²) in [5, 5.41) is 3.57. The molecule has 1 N–H and O–H groups in total. The second-order valence-corrected chi connectivity index (χ2v) is 6.08. The molecule has 3 rings (SSSR count). The highest BCUT2D eigenvalue weighted by molar-refractivity contribution is 9.10. The Morgan fingerprint density at radius 1 is 1.20 bits per heavy atom. The van der Waals surface area contributed by atoms with Crippen LogP contribution in [0.5, 0.6) is 0 Å². The lowest BCUT2D eigenvalue weighted by Crippen LogP contribution is -2.39. The van der Waals surface area contributed by atoms with Crippen molar-refractivity contribution in [3.63, 3.8) is 0 Å². The van der Waals surface area contributed by atoms with Gasteiger partial charge in [-0.2, -0.15) is 0 Å². The Morgan fingerprint density at radius 3 is 2.60 bits per heavy atom. The van der Waals surface area contributed by atoms with Crippen molar-refractivity contribution in [1.29, 1.82) is 0 Å². The number of benzene rings is 2. The van der Waals surface area contributed by atoms with Crippen molar-refractivity contribution in [1.82, 2.24) is 4.90 Å². The standard InChI is InChI=1S/C15H12BrClN2O/c1-19-14(9-2-5-11(17)6-3-9)12-8-10(16)4-7-13(12)18-15(19)20/h2-8,14H,1H3,(H,18,20). The van der Waals surface area contributed by atoms with Crippen LogP contribution in [0.15, 0.2) is 46.9 Å². The molecule has 1 atom stereocenters. The van der Waals surface area contributed by atoms with Gasteiger partial charge in [-0.05, 0) is 35.9 Å². The van der Waals surface area contributed by atoms with Gasteiger partial charge in [-0.1, -0.05) is 39.7 Å². The van der Waals surface area contributed by atoms with E-state index < -0.39 is 0 Å². The molecule has 0 radical (unpaired) electrons. The van der Waals surface area contributed by atoms with Gasteiger partial charge in [0.05, 0.1) is 6.04 Å². The summed E-state index contributed by atoms with van der Waals surface area (Å²) in [6.45, 7) is 0. The minimum absolute atomic E-state index is 0.111. The van der Waals surface area contributed by atoms with Crippen LogP contribution < -0.4 is 5.32 Å². The molecule has 0 bridgehead atoms. The fourth-order valence-electron chi connectivity index (χ4n) is 2.45. The van der Waals surface area contributed by atoms with E-state index in [1.807, 2.05) is 42.5 Å². The van der Waals surface area contributed by atoms with E-state index >= 15 is 0 Å². The molecule has 2 amide bonds. The molecule has 1 aliphatic heterocycles. The first-order valence-electron chi connectivity index (χ1n) is 6.15. The van der Waals surface area contributed by atoms with Crippen LogP contribution >= 0.6 is 27.5 Å². The number of amides is 2. The van der Waals surface area contributed by atoms with Gasteiger partial charge in [0.2, 0.25) is 0 Å². The van der Waals surface area contributed by atoms with E-state index in [1.165, 1.54) is 0 Å². The molecule has 5 heteroatoms. The SMILES string of the molecule is CN1C(=O)Nc2ccc(Br)cc2C1c1ccc(Cl)cc1. The maximum atomic E-state index is 12.1. The molecule has 2 aromatic carbocycles. The van der Waals surface area contributed by atoms with Crippen molar-refractivity contribution in [2.75, 3.05) is 12.4 Å². The number of fused-ring (bicyclic) bond motifs is 1. The molecular formula is C15H12BrClN2O. The van der Waals surface area contributed by atoms with Gasteiger partial charge < -0.3 is 10.2 Å². The number of anilines is 1. The molecule has 102 valence electrons. The van der Waals surface area contributed by atoms with Gasteiger partial charge in [0.25, 0.3) is 0 Å². The van der Waals surface area contributed by atoms with Gasteiger partial charge in [0, 0.05) is 27.8 Å². The topological polar surface area (TPSA) is 32.3 Å². The Balaban J connectivity index is 2.15. The minimum atomic E-state index is -0.117. The zero-order valence-electron chi connectivity index (χ0n) is 10.7. The normalized spacial score (nSPS) is 17.6. The highest BCUT2D eigenvalue weighted by Crippen LogP contribution is 2.38. The maximum Gasteiger partial charge on any atom is 0.322 e. The number of halogens is 2. The summed E-state index contributed by atoms with van der Waals surface area (Å²) in [6.07, 6.45) is 0. The molecule has 3 nitrogen and oxygen atoms in total. The summed E-state index contributed by atoms with van der Waals surface area (Å²) in [5.41, 5.74) is 2.94. The summed E-state index contributed by atoms with van der Waals surface area (Å²) in [4.78, 5) is 13.8. The molecule has 20 heavy (non-hydrogen) atoms. The van der Waals surface area contributed by atoms with Crippen LogP contribution in [0.3, 0.4) is 0 Å². The lowest BCUT2D eigenvalue weighted by molar-refractivity contribution is 0.209. The number of nitrogens with one attached hydrogen (secondary N) is 1. The molecule has 2 aromatic rings. The average molecular weight is 352 g/mol. The smallest absolute Gasteiger partial charge is 0.316 e. The molecule has 0 saturated carbocycles. The highest BCUT2D eigenvalue weighted by Gasteiger charge is 2.30. The zero-order chi connectivity index (χ0) is 14.3. The van der Waals surface area contributed by atoms with E-state index in [9.17, 15) is 4.79 Å². The van der Waals surface area contributed by atoms with Crippen molar-refractivity contribution in [3.8, 4) is 0 Å². The lowest BCUT2D eigenvalue weighted by Gasteiger charge is -2.35. The molecule has 1 unspecified atom stereocenters. The number of hydrogen-bond acceptors (Lipinski definition) is 1. The first-order chi connectivity index (χ1) is 9.56. The quantitative estimate of drug-likeness (QED) is 0.795. The van der Waals surface area contributed by atoms with E-state index in [1.54, 1.807) is 11.9 Å². The summed E-state index contributed by atoms with van der Waals surface area (Å²) in [7, 11) is 1.79. The number of carbonyl (C=O) groups excluding carboxylic acids is 1. The first kappa shape index (κ1) is 13.5. The van der Waals surface area contributed by atoms with Gasteiger partial charge in [0.1, 0.15) is 0 Å². The Kier molecular flexibility index (Phi) is 3.44.